The van der Waals surface area contributed by atoms with Crippen molar-refractivity contribution in [2.24, 2.45) is 0 Å². The average molecular weight is 376 g/mol. The van der Waals surface area contributed by atoms with E-state index in [9.17, 15) is 4.79 Å². The second-order valence-corrected chi connectivity index (χ2v) is 5.61. The summed E-state index contributed by atoms with van der Waals surface area (Å²) in [5.41, 5.74) is 0. The van der Waals surface area contributed by atoms with Gasteiger partial charge in [0.1, 0.15) is 17.3 Å². The van der Waals surface area contributed by atoms with Gasteiger partial charge >= 0.3 is 0 Å². The van der Waals surface area contributed by atoms with Crippen LogP contribution in [0.15, 0.2) is 72.9 Å². The quantitative estimate of drug-likeness (QED) is 0.596. The van der Waals surface area contributed by atoms with E-state index in [1.54, 1.807) is 47.8 Å². The maximum atomic E-state index is 12.5. The van der Waals surface area contributed by atoms with Gasteiger partial charge in [0.2, 0.25) is 5.91 Å². The monoisotopic (exact) mass is 375 g/mol. The molecule has 0 aliphatic carbocycles. The third-order valence-electron chi connectivity index (χ3n) is 3.15. The molecule has 0 aliphatic rings. The molecule has 0 saturated heterocycles. The fraction of sp³-hybridized carbons (Fsp3) is 0.118. The van der Waals surface area contributed by atoms with Gasteiger partial charge in [-0.3, -0.25) is 4.79 Å². The lowest BCUT2D eigenvalue weighted by Crippen LogP contribution is -2.28. The zero-order chi connectivity index (χ0) is 16.1. The van der Waals surface area contributed by atoms with Crippen molar-refractivity contribution in [3.05, 3.63) is 77.0 Å². The molecule has 0 atom stereocenters. The van der Waals surface area contributed by atoms with Crippen molar-refractivity contribution in [3.8, 4) is 0 Å². The van der Waals surface area contributed by atoms with E-state index in [2.05, 4.69) is 15.9 Å². The molecular weight excluding hydrogens is 362 g/mol. The molecule has 6 heteroatoms. The summed E-state index contributed by atoms with van der Waals surface area (Å²) >= 11 is 3.23. The fourth-order valence-corrected chi connectivity index (χ4v) is 2.39. The van der Waals surface area contributed by atoms with Crippen LogP contribution in [0.3, 0.4) is 0 Å². The van der Waals surface area contributed by atoms with Crippen LogP contribution in [0.4, 0.5) is 0 Å². The Labute approximate surface area is 141 Å². The Bertz CT molecular complexity index is 735. The molecule has 3 heterocycles. The van der Waals surface area contributed by atoms with E-state index >= 15 is 0 Å². The Hall–Kier alpha value is -2.47. The van der Waals surface area contributed by atoms with Crippen molar-refractivity contribution < 1.29 is 18.0 Å². The lowest BCUT2D eigenvalue weighted by Gasteiger charge is -2.18. The minimum Gasteiger partial charge on any atom is -0.467 e. The number of carbonyl (C=O) groups is 1. The summed E-state index contributed by atoms with van der Waals surface area (Å²) in [7, 11) is 0. The van der Waals surface area contributed by atoms with E-state index in [1.807, 2.05) is 12.1 Å². The van der Waals surface area contributed by atoms with Crippen molar-refractivity contribution in [1.82, 2.24) is 4.90 Å². The molecule has 23 heavy (non-hydrogen) atoms. The smallest absolute Gasteiger partial charge is 0.247 e. The van der Waals surface area contributed by atoms with Gasteiger partial charge in [-0.05, 0) is 58.4 Å². The van der Waals surface area contributed by atoms with Crippen LogP contribution in [0.1, 0.15) is 17.3 Å². The fourth-order valence-electron chi connectivity index (χ4n) is 2.07. The number of nitrogens with zero attached hydrogens (tertiary/aromatic N) is 1. The molecule has 5 nitrogen and oxygen atoms in total. The molecule has 3 aromatic heterocycles. The van der Waals surface area contributed by atoms with Gasteiger partial charge < -0.3 is 18.2 Å². The molecule has 0 aromatic carbocycles. The van der Waals surface area contributed by atoms with Gasteiger partial charge in [0.15, 0.2) is 4.67 Å². The summed E-state index contributed by atoms with van der Waals surface area (Å²) < 4.78 is 16.6. The van der Waals surface area contributed by atoms with Crippen LogP contribution in [0, 0.1) is 0 Å². The Morgan fingerprint density at radius 3 is 2.17 bits per heavy atom. The molecule has 0 fully saturated rings. The number of furan rings is 3. The third-order valence-corrected chi connectivity index (χ3v) is 3.58. The Balaban J connectivity index is 1.73. The topological polar surface area (TPSA) is 59.7 Å². The molecule has 0 saturated carbocycles. The van der Waals surface area contributed by atoms with Gasteiger partial charge in [0, 0.05) is 6.08 Å². The van der Waals surface area contributed by atoms with Crippen LogP contribution in [0.5, 0.6) is 0 Å². The zero-order valence-corrected chi connectivity index (χ0v) is 13.7. The Morgan fingerprint density at radius 2 is 1.70 bits per heavy atom. The van der Waals surface area contributed by atoms with Crippen LogP contribution in [0.2, 0.25) is 0 Å². The molecule has 0 bridgehead atoms. The number of hydrogen-bond acceptors (Lipinski definition) is 4. The Kier molecular flexibility index (Phi) is 4.83. The number of rotatable bonds is 6. The first-order valence-electron chi connectivity index (χ1n) is 6.98. The molecule has 0 spiro atoms. The minimum absolute atomic E-state index is 0.162. The number of carbonyl (C=O) groups excluding carboxylic acids is 1. The lowest BCUT2D eigenvalue weighted by atomic mass is 10.3. The maximum Gasteiger partial charge on any atom is 0.247 e. The van der Waals surface area contributed by atoms with E-state index in [4.69, 9.17) is 13.3 Å². The van der Waals surface area contributed by atoms with Gasteiger partial charge in [-0.15, -0.1) is 0 Å². The van der Waals surface area contributed by atoms with Crippen molar-refractivity contribution in [2.45, 2.75) is 13.1 Å². The molecule has 3 rings (SSSR count). The third kappa shape index (κ3) is 4.26. The van der Waals surface area contributed by atoms with Crippen LogP contribution in [-0.2, 0) is 17.9 Å². The summed E-state index contributed by atoms with van der Waals surface area (Å²) in [5, 5.41) is 0. The maximum absolute atomic E-state index is 12.5. The molecular formula is C17H14BrNO4. The van der Waals surface area contributed by atoms with Crippen molar-refractivity contribution in [1.29, 1.82) is 0 Å². The van der Waals surface area contributed by atoms with Gasteiger partial charge in [0.25, 0.3) is 0 Å². The van der Waals surface area contributed by atoms with E-state index < -0.39 is 0 Å². The van der Waals surface area contributed by atoms with Gasteiger partial charge in [-0.2, -0.15) is 0 Å². The average Bonchev–Trinajstić information content (AvgIpc) is 3.27. The second-order valence-electron chi connectivity index (χ2n) is 4.83. The van der Waals surface area contributed by atoms with E-state index in [0.29, 0.717) is 35.0 Å². The van der Waals surface area contributed by atoms with Crippen molar-refractivity contribution >= 4 is 27.9 Å². The summed E-state index contributed by atoms with van der Waals surface area (Å²) in [6, 6.07) is 10.8. The van der Waals surface area contributed by atoms with Crippen LogP contribution < -0.4 is 0 Å². The first kappa shape index (κ1) is 15.4. The van der Waals surface area contributed by atoms with Gasteiger partial charge in [-0.1, -0.05) is 0 Å². The van der Waals surface area contributed by atoms with Gasteiger partial charge in [-0.25, -0.2) is 0 Å². The van der Waals surface area contributed by atoms with Crippen molar-refractivity contribution in [2.75, 3.05) is 0 Å². The highest BCUT2D eigenvalue weighted by molar-refractivity contribution is 9.10. The number of halogens is 1. The predicted octanol–water partition coefficient (Wildman–Crippen LogP) is 4.47. The molecule has 0 N–H and O–H groups in total. The molecule has 3 aromatic rings. The van der Waals surface area contributed by atoms with Crippen LogP contribution in [-0.4, -0.2) is 10.8 Å². The highest BCUT2D eigenvalue weighted by Gasteiger charge is 2.15. The first-order valence-corrected chi connectivity index (χ1v) is 7.77. The van der Waals surface area contributed by atoms with E-state index in [-0.39, 0.29) is 5.91 Å². The van der Waals surface area contributed by atoms with Crippen molar-refractivity contribution in [3.63, 3.8) is 0 Å². The van der Waals surface area contributed by atoms with E-state index in [0.717, 1.165) is 0 Å². The standard InChI is InChI=1S/C17H14BrNO4/c18-16-7-5-13(23-16)6-8-17(20)19(11-14-3-1-9-21-14)12-15-4-2-10-22-15/h1-10H,11-12H2. The molecule has 118 valence electrons. The molecule has 0 radical (unpaired) electrons. The zero-order valence-electron chi connectivity index (χ0n) is 12.1. The normalized spacial score (nSPS) is 11.2. The van der Waals surface area contributed by atoms with Gasteiger partial charge in [0.05, 0.1) is 25.6 Å². The predicted molar refractivity (Wildman–Crippen MR) is 87.1 cm³/mol. The molecule has 0 unspecified atom stereocenters. The summed E-state index contributed by atoms with van der Waals surface area (Å²) in [6.45, 7) is 0.720. The van der Waals surface area contributed by atoms with Crippen LogP contribution in [0.25, 0.3) is 6.08 Å². The highest BCUT2D eigenvalue weighted by Crippen LogP contribution is 2.16. The van der Waals surface area contributed by atoms with Crippen LogP contribution >= 0.6 is 15.9 Å². The largest absolute Gasteiger partial charge is 0.467 e. The Morgan fingerprint density at radius 1 is 1.04 bits per heavy atom. The molecule has 1 amide bonds. The summed E-state index contributed by atoms with van der Waals surface area (Å²) in [5.74, 6) is 1.85. The highest BCUT2D eigenvalue weighted by atomic mass is 79.9. The first-order chi connectivity index (χ1) is 11.2. The number of amides is 1. The minimum atomic E-state index is -0.162. The van der Waals surface area contributed by atoms with E-state index in [1.165, 1.54) is 6.08 Å². The number of hydrogen-bond donors (Lipinski definition) is 0. The molecule has 0 aliphatic heterocycles. The second kappa shape index (κ2) is 7.19. The summed E-state index contributed by atoms with van der Waals surface area (Å²) in [4.78, 5) is 14.1. The lowest BCUT2D eigenvalue weighted by molar-refractivity contribution is -0.127. The summed E-state index contributed by atoms with van der Waals surface area (Å²) in [6.07, 6.45) is 6.27. The SMILES string of the molecule is O=C(C=Cc1ccc(Br)o1)N(Cc1ccco1)Cc1ccco1.